The van der Waals surface area contributed by atoms with Crippen LogP contribution in [0, 0.1) is 12.8 Å². The van der Waals surface area contributed by atoms with Crippen LogP contribution < -0.4 is 9.47 Å². The predicted octanol–water partition coefficient (Wildman–Crippen LogP) is 5.23. The Hall–Kier alpha value is -4.46. The van der Waals surface area contributed by atoms with Crippen LogP contribution in [-0.4, -0.2) is 42.3 Å². The van der Waals surface area contributed by atoms with Crippen LogP contribution in [0.4, 0.5) is 4.79 Å². The molecule has 0 aliphatic carbocycles. The average molecular weight is 504 g/mol. The summed E-state index contributed by atoms with van der Waals surface area (Å²) in [6, 6.07) is 20.1. The Morgan fingerprint density at radius 3 is 2.11 bits per heavy atom. The molecule has 1 amide bonds. The number of carbonyl (C=O) groups is 4. The number of nitrogens with zero attached hydrogens (tertiary/aromatic N) is 1. The van der Waals surface area contributed by atoms with Crippen LogP contribution in [0.2, 0.25) is 0 Å². The van der Waals surface area contributed by atoms with Gasteiger partial charge in [0.1, 0.15) is 6.61 Å². The lowest BCUT2D eigenvalue weighted by Gasteiger charge is -2.17. The van der Waals surface area contributed by atoms with E-state index in [0.29, 0.717) is 5.56 Å². The summed E-state index contributed by atoms with van der Waals surface area (Å²) in [4.78, 5) is 51.3. The van der Waals surface area contributed by atoms with Gasteiger partial charge in [-0.2, -0.15) is 0 Å². The number of hydrogen-bond acceptors (Lipinski definition) is 7. The molecule has 0 atom stereocenters. The quantitative estimate of drug-likeness (QED) is 0.224. The second kappa shape index (κ2) is 12.5. The third-order valence-corrected chi connectivity index (χ3v) is 5.34. The maximum atomic E-state index is 12.9. The first-order valence-corrected chi connectivity index (χ1v) is 11.7. The van der Waals surface area contributed by atoms with Gasteiger partial charge < -0.3 is 19.1 Å². The lowest BCUT2D eigenvalue weighted by molar-refractivity contribution is -0.137. The largest absolute Gasteiger partial charge is 0.445 e. The second-order valence-electron chi connectivity index (χ2n) is 8.81. The minimum atomic E-state index is -0.660. The van der Waals surface area contributed by atoms with Crippen molar-refractivity contribution in [3.63, 3.8) is 0 Å². The van der Waals surface area contributed by atoms with E-state index in [-0.39, 0.29) is 30.2 Å². The first-order valence-electron chi connectivity index (χ1n) is 11.7. The maximum Gasteiger partial charge on any atom is 0.410 e. The zero-order valence-corrected chi connectivity index (χ0v) is 21.2. The van der Waals surface area contributed by atoms with Crippen molar-refractivity contribution in [2.45, 2.75) is 27.4 Å². The van der Waals surface area contributed by atoms with E-state index in [1.807, 2.05) is 37.3 Å². The van der Waals surface area contributed by atoms with E-state index < -0.39 is 29.7 Å². The Morgan fingerprint density at radius 2 is 1.46 bits per heavy atom. The minimum Gasteiger partial charge on any atom is -0.445 e. The normalized spacial score (nSPS) is 10.5. The number of hydrogen-bond donors (Lipinski definition) is 0. The van der Waals surface area contributed by atoms with E-state index in [2.05, 4.69) is 0 Å². The van der Waals surface area contributed by atoms with Gasteiger partial charge in [0.25, 0.3) is 0 Å². The first-order chi connectivity index (χ1) is 17.6. The minimum absolute atomic E-state index is 0.00764. The van der Waals surface area contributed by atoms with Gasteiger partial charge in [0.2, 0.25) is 0 Å². The topological polar surface area (TPSA) is 99.2 Å². The molecule has 3 aromatic carbocycles. The predicted molar refractivity (Wildman–Crippen MR) is 137 cm³/mol. The van der Waals surface area contributed by atoms with Crippen molar-refractivity contribution in [2.75, 3.05) is 13.6 Å². The molecule has 8 nitrogen and oxygen atoms in total. The highest BCUT2D eigenvalue weighted by Gasteiger charge is 2.21. The van der Waals surface area contributed by atoms with Crippen molar-refractivity contribution in [3.8, 4) is 11.5 Å². The number of Topliss-reactive ketones (excluding diaryl/α,β-unsaturated/α-hetero) is 1. The molecule has 0 saturated heterocycles. The Bertz CT molecular complexity index is 1270. The van der Waals surface area contributed by atoms with Gasteiger partial charge in [-0.25, -0.2) is 9.59 Å². The molecule has 3 rings (SSSR count). The highest BCUT2D eigenvalue weighted by molar-refractivity contribution is 6.00. The first kappa shape index (κ1) is 27.1. The highest BCUT2D eigenvalue weighted by Crippen LogP contribution is 2.30. The van der Waals surface area contributed by atoms with E-state index in [1.54, 1.807) is 38.1 Å². The number of amides is 1. The van der Waals surface area contributed by atoms with E-state index in [0.717, 1.165) is 16.0 Å². The fourth-order valence-corrected chi connectivity index (χ4v) is 3.12. The lowest BCUT2D eigenvalue weighted by atomic mass is 10.1. The molecule has 0 saturated carbocycles. The van der Waals surface area contributed by atoms with Crippen LogP contribution in [0.15, 0.2) is 72.8 Å². The summed E-state index contributed by atoms with van der Waals surface area (Å²) in [6.45, 7) is 5.02. The molecular formula is C29H29NO7. The molecule has 37 heavy (non-hydrogen) atoms. The van der Waals surface area contributed by atoms with E-state index >= 15 is 0 Å². The highest BCUT2D eigenvalue weighted by atomic mass is 16.6. The van der Waals surface area contributed by atoms with E-state index in [1.165, 1.54) is 25.2 Å². The summed E-state index contributed by atoms with van der Waals surface area (Å²) in [5.74, 6) is -2.14. The molecule has 0 aliphatic heterocycles. The van der Waals surface area contributed by atoms with Crippen LogP contribution in [-0.2, 0) is 16.1 Å². The summed E-state index contributed by atoms with van der Waals surface area (Å²) < 4.78 is 16.1. The Morgan fingerprint density at radius 1 is 0.811 bits per heavy atom. The summed E-state index contributed by atoms with van der Waals surface area (Å²) in [5.41, 5.74) is 2.30. The van der Waals surface area contributed by atoms with Crippen LogP contribution in [0.25, 0.3) is 0 Å². The molecule has 0 unspecified atom stereocenters. The monoisotopic (exact) mass is 503 g/mol. The number of ketones is 1. The van der Waals surface area contributed by atoms with Gasteiger partial charge in [0.05, 0.1) is 18.0 Å². The Labute approximate surface area is 215 Å². The lowest BCUT2D eigenvalue weighted by Crippen LogP contribution is -2.32. The average Bonchev–Trinajstić information content (AvgIpc) is 2.88. The number of aryl methyl sites for hydroxylation is 1. The number of rotatable bonds is 9. The smallest absolute Gasteiger partial charge is 0.410 e. The van der Waals surface area contributed by atoms with Crippen molar-refractivity contribution in [2.24, 2.45) is 5.92 Å². The van der Waals surface area contributed by atoms with Gasteiger partial charge in [-0.3, -0.25) is 9.59 Å². The van der Waals surface area contributed by atoms with Gasteiger partial charge in [-0.05, 0) is 42.8 Å². The van der Waals surface area contributed by atoms with Crippen LogP contribution in [0.5, 0.6) is 11.5 Å². The van der Waals surface area contributed by atoms with Gasteiger partial charge in [-0.15, -0.1) is 0 Å². The third-order valence-electron chi connectivity index (χ3n) is 5.34. The summed E-state index contributed by atoms with van der Waals surface area (Å²) in [7, 11) is 1.45. The Kier molecular flexibility index (Phi) is 9.16. The van der Waals surface area contributed by atoms with Crippen LogP contribution in [0.1, 0.15) is 45.7 Å². The Balaban J connectivity index is 1.73. The second-order valence-corrected chi connectivity index (χ2v) is 8.81. The molecule has 0 fully saturated rings. The van der Waals surface area contributed by atoms with Gasteiger partial charge >= 0.3 is 18.0 Å². The number of ether oxygens (including phenoxy) is 3. The number of likely N-dealkylation sites (N-methyl/N-ethyl adjacent to an activating group) is 1. The van der Waals surface area contributed by atoms with Gasteiger partial charge in [0, 0.05) is 12.6 Å². The van der Waals surface area contributed by atoms with Crippen molar-refractivity contribution < 1.29 is 33.4 Å². The van der Waals surface area contributed by atoms with Gasteiger partial charge in [0.15, 0.2) is 17.3 Å². The molecule has 0 aromatic heterocycles. The van der Waals surface area contributed by atoms with Crippen LogP contribution >= 0.6 is 0 Å². The number of esters is 2. The molecule has 3 aromatic rings. The van der Waals surface area contributed by atoms with E-state index in [9.17, 15) is 19.2 Å². The fourth-order valence-electron chi connectivity index (χ4n) is 3.12. The molecule has 0 N–H and O–H groups in total. The summed E-state index contributed by atoms with van der Waals surface area (Å²) in [5, 5.41) is 0. The SMILES string of the molecule is Cc1ccc(C(=O)Oc2ccc(C(=O)CN(C)C(=O)OCc3ccccc3)cc2OC(=O)C(C)C)cc1. The summed E-state index contributed by atoms with van der Waals surface area (Å²) in [6.07, 6.45) is -0.660. The van der Waals surface area contributed by atoms with Crippen molar-refractivity contribution in [1.82, 2.24) is 4.90 Å². The zero-order valence-electron chi connectivity index (χ0n) is 21.2. The molecule has 8 heteroatoms. The molecule has 0 heterocycles. The molecular weight excluding hydrogens is 474 g/mol. The zero-order chi connectivity index (χ0) is 26.9. The molecule has 0 bridgehead atoms. The third kappa shape index (κ3) is 7.76. The summed E-state index contributed by atoms with van der Waals surface area (Å²) >= 11 is 0. The van der Waals surface area contributed by atoms with Crippen molar-refractivity contribution in [3.05, 3.63) is 95.1 Å². The molecule has 0 radical (unpaired) electrons. The van der Waals surface area contributed by atoms with E-state index in [4.69, 9.17) is 14.2 Å². The molecule has 0 spiro atoms. The number of benzene rings is 3. The number of carbonyl (C=O) groups excluding carboxylic acids is 4. The van der Waals surface area contributed by atoms with Crippen molar-refractivity contribution in [1.29, 1.82) is 0 Å². The molecule has 0 aliphatic rings. The van der Waals surface area contributed by atoms with Crippen LogP contribution in [0.3, 0.4) is 0 Å². The molecule has 192 valence electrons. The fraction of sp³-hybridized carbons (Fsp3) is 0.241. The van der Waals surface area contributed by atoms with Gasteiger partial charge in [-0.1, -0.05) is 61.9 Å². The maximum absolute atomic E-state index is 12.9. The van der Waals surface area contributed by atoms with Crippen molar-refractivity contribution >= 4 is 23.8 Å². The standard InChI is InChI=1S/C29H29NO7/c1-19(2)27(32)37-26-16-23(14-15-25(26)36-28(33)22-12-10-20(3)11-13-22)24(31)17-30(4)29(34)35-18-21-8-6-5-7-9-21/h5-16,19H,17-18H2,1-4H3.